The zero-order valence-corrected chi connectivity index (χ0v) is 23.5. The van der Waals surface area contributed by atoms with Gasteiger partial charge in [0, 0.05) is 5.56 Å². The number of benzene rings is 2. The number of nitrogens with two attached hydrogens (primary N) is 4. The molecule has 2 fully saturated rings. The molecule has 2 saturated carbocycles. The molecule has 7 atom stereocenters. The van der Waals surface area contributed by atoms with Gasteiger partial charge in [-0.15, -0.1) is 0 Å². The predicted octanol–water partition coefficient (Wildman–Crippen LogP) is -2.12. The minimum Gasteiger partial charge on any atom is -0.507 e. The largest absolute Gasteiger partial charge is 0.507 e. The van der Waals surface area contributed by atoms with Crippen molar-refractivity contribution in [1.29, 1.82) is 5.26 Å². The number of carbonyl (C=O) groups excluding carboxylic acids is 6. The Kier molecular flexibility index (Phi) is 6.72. The van der Waals surface area contributed by atoms with Crippen molar-refractivity contribution in [2.24, 2.45) is 40.2 Å². The van der Waals surface area contributed by atoms with Crippen LogP contribution in [-0.4, -0.2) is 87.4 Å². The standard InChI is InChI=1S/C30H28N6O8/c1-36(2)22-21(39)18(26(33)43)23(40)28(11-31)24(41)19-20(38)17-14(7-4-8-16(17)37)15(29(19,34)27(44)30(22,28)35)10-12-5-3-6-13(9-12)25(32)42/h3-10,18-19,22,27,37,44H,34-35H2,1-2H3,(H2,32,42)(H2,33,43)/t18?,19?,22-,27+,28+,29+,30+/m1/s1. The summed E-state index contributed by atoms with van der Waals surface area (Å²) in [6.07, 6.45) is -1.02. The van der Waals surface area contributed by atoms with Gasteiger partial charge in [0.25, 0.3) is 0 Å². The van der Waals surface area contributed by atoms with Crippen molar-refractivity contribution < 1.29 is 39.0 Å². The highest BCUT2D eigenvalue weighted by Gasteiger charge is 2.82. The molecular formula is C30H28N6O8. The highest BCUT2D eigenvalue weighted by atomic mass is 16.3. The number of amides is 2. The number of aromatic hydroxyl groups is 1. The lowest BCUT2D eigenvalue weighted by Crippen LogP contribution is -2.91. The van der Waals surface area contributed by atoms with Gasteiger partial charge in [-0.2, -0.15) is 5.26 Å². The lowest BCUT2D eigenvalue weighted by Gasteiger charge is -2.63. The first-order chi connectivity index (χ1) is 20.5. The number of phenolic OH excluding ortho intramolecular Hbond substituents is 1. The first-order valence-corrected chi connectivity index (χ1v) is 13.3. The molecule has 0 bridgehead atoms. The Labute approximate surface area is 249 Å². The number of rotatable bonds is 4. The summed E-state index contributed by atoms with van der Waals surface area (Å²) in [7, 11) is 2.62. The number of phenols is 1. The molecule has 14 heteroatoms. The maximum Gasteiger partial charge on any atom is 0.248 e. The minimum absolute atomic E-state index is 0.0250. The van der Waals surface area contributed by atoms with Gasteiger partial charge in [0.05, 0.1) is 29.3 Å². The Morgan fingerprint density at radius 1 is 1.02 bits per heavy atom. The van der Waals surface area contributed by atoms with Gasteiger partial charge in [-0.05, 0) is 55.1 Å². The average molecular weight is 601 g/mol. The number of nitriles is 1. The maximum absolute atomic E-state index is 14.6. The van der Waals surface area contributed by atoms with Gasteiger partial charge >= 0.3 is 0 Å². The lowest BCUT2D eigenvalue weighted by molar-refractivity contribution is -0.176. The highest BCUT2D eigenvalue weighted by molar-refractivity contribution is 6.35. The SMILES string of the molecule is CN(C)[C@@H]1C(=O)C(C(N)=O)C(=O)[C@@]2(C#N)C(=O)C3C(=O)c4c(O)cccc4C(=Cc4cccc(C(N)=O)c4)[C@@]3(N)[C@H](O)[C@@]12N. The maximum atomic E-state index is 14.6. The van der Waals surface area contributed by atoms with E-state index in [-0.39, 0.29) is 22.3 Å². The molecule has 0 radical (unpaired) electrons. The van der Waals surface area contributed by atoms with Crippen molar-refractivity contribution in [2.45, 2.75) is 23.2 Å². The van der Waals surface area contributed by atoms with Crippen molar-refractivity contribution in [1.82, 2.24) is 4.90 Å². The van der Waals surface area contributed by atoms with Crippen LogP contribution in [0.3, 0.4) is 0 Å². The zero-order chi connectivity index (χ0) is 32.7. The van der Waals surface area contributed by atoms with Crippen LogP contribution in [0.15, 0.2) is 42.5 Å². The second-order valence-electron chi connectivity index (χ2n) is 11.5. The summed E-state index contributed by atoms with van der Waals surface area (Å²) in [6, 6.07) is 9.46. The summed E-state index contributed by atoms with van der Waals surface area (Å²) < 4.78 is 0. The van der Waals surface area contributed by atoms with E-state index in [4.69, 9.17) is 22.9 Å². The molecule has 3 aliphatic carbocycles. The van der Waals surface area contributed by atoms with Crippen LogP contribution in [-0.2, 0) is 19.2 Å². The van der Waals surface area contributed by atoms with Crippen LogP contribution in [0.2, 0.25) is 0 Å². The quantitative estimate of drug-likeness (QED) is 0.205. The smallest absolute Gasteiger partial charge is 0.248 e. The Morgan fingerprint density at radius 3 is 2.23 bits per heavy atom. The zero-order valence-electron chi connectivity index (χ0n) is 23.5. The van der Waals surface area contributed by atoms with Crippen LogP contribution in [0.1, 0.15) is 31.8 Å². The number of ketones is 4. The van der Waals surface area contributed by atoms with E-state index in [1.165, 1.54) is 56.6 Å². The van der Waals surface area contributed by atoms with E-state index in [0.717, 1.165) is 11.0 Å². The van der Waals surface area contributed by atoms with Crippen molar-refractivity contribution in [3.8, 4) is 11.8 Å². The van der Waals surface area contributed by atoms with E-state index in [1.807, 2.05) is 0 Å². The van der Waals surface area contributed by atoms with Gasteiger partial charge in [-0.1, -0.05) is 24.3 Å². The van der Waals surface area contributed by atoms with Crippen molar-refractivity contribution in [3.63, 3.8) is 0 Å². The van der Waals surface area contributed by atoms with Crippen molar-refractivity contribution in [3.05, 3.63) is 64.7 Å². The van der Waals surface area contributed by atoms with Crippen LogP contribution in [0.5, 0.6) is 5.75 Å². The molecule has 226 valence electrons. The van der Waals surface area contributed by atoms with Crippen LogP contribution in [0.25, 0.3) is 11.6 Å². The van der Waals surface area contributed by atoms with E-state index in [9.17, 15) is 44.2 Å². The number of likely N-dealkylation sites (N-methyl/N-ethyl adjacent to an activating group) is 1. The molecule has 2 aromatic rings. The third-order valence-electron chi connectivity index (χ3n) is 9.06. The second-order valence-corrected chi connectivity index (χ2v) is 11.5. The normalized spacial score (nSPS) is 33.8. The van der Waals surface area contributed by atoms with E-state index in [2.05, 4.69) is 0 Å². The van der Waals surface area contributed by atoms with Crippen molar-refractivity contribution in [2.75, 3.05) is 14.1 Å². The lowest BCUT2D eigenvalue weighted by atomic mass is 9.41. The van der Waals surface area contributed by atoms with Crippen molar-refractivity contribution >= 4 is 46.6 Å². The summed E-state index contributed by atoms with van der Waals surface area (Å²) in [6.45, 7) is 0. The summed E-state index contributed by atoms with van der Waals surface area (Å²) in [5.41, 5.74) is 15.8. The Hall–Kier alpha value is -5.07. The topological polar surface area (TPSA) is 274 Å². The molecule has 0 aliphatic heterocycles. The second kappa shape index (κ2) is 9.73. The number of aliphatic hydroxyl groups is 1. The fourth-order valence-corrected chi connectivity index (χ4v) is 7.18. The van der Waals surface area contributed by atoms with Gasteiger partial charge in [-0.25, -0.2) is 0 Å². The predicted molar refractivity (Wildman–Crippen MR) is 152 cm³/mol. The van der Waals surface area contributed by atoms with E-state index in [0.29, 0.717) is 0 Å². The number of hydrogen-bond donors (Lipinski definition) is 6. The molecule has 14 nitrogen and oxygen atoms in total. The van der Waals surface area contributed by atoms with Gasteiger partial charge in [0.2, 0.25) is 11.8 Å². The third-order valence-corrected chi connectivity index (χ3v) is 9.06. The number of fused-ring (bicyclic) bond motifs is 3. The molecule has 0 saturated heterocycles. The number of primary amides is 2. The molecule has 44 heavy (non-hydrogen) atoms. The first kappa shape index (κ1) is 30.4. The van der Waals surface area contributed by atoms with E-state index >= 15 is 0 Å². The molecule has 0 heterocycles. The fourth-order valence-electron chi connectivity index (χ4n) is 7.18. The summed E-state index contributed by atoms with van der Waals surface area (Å²) in [4.78, 5) is 81.8. The number of hydrogen-bond acceptors (Lipinski definition) is 12. The molecule has 0 spiro atoms. The molecule has 2 unspecified atom stereocenters. The Morgan fingerprint density at radius 2 is 1.66 bits per heavy atom. The van der Waals surface area contributed by atoms with Gasteiger partial charge in [-0.3, -0.25) is 33.7 Å². The molecule has 2 aromatic carbocycles. The number of Topliss-reactive ketones (excluding diaryl/α,β-unsaturated/α-hetero) is 4. The Balaban J connectivity index is 1.92. The highest BCUT2D eigenvalue weighted by Crippen LogP contribution is 2.59. The third kappa shape index (κ3) is 3.49. The van der Waals surface area contributed by atoms with E-state index < -0.39 is 86.7 Å². The van der Waals surface area contributed by atoms with Crippen LogP contribution in [0, 0.1) is 28.6 Å². The van der Waals surface area contributed by atoms with Gasteiger partial charge < -0.3 is 33.1 Å². The summed E-state index contributed by atoms with van der Waals surface area (Å²) in [5.74, 6) is -12.7. The Bertz CT molecular complexity index is 1800. The molecule has 3 aliphatic rings. The number of nitrogens with zero attached hydrogens (tertiary/aromatic N) is 2. The molecule has 10 N–H and O–H groups in total. The van der Waals surface area contributed by atoms with Gasteiger partial charge in [0.1, 0.15) is 17.2 Å². The van der Waals surface area contributed by atoms with Crippen LogP contribution in [0.4, 0.5) is 0 Å². The summed E-state index contributed by atoms with van der Waals surface area (Å²) >= 11 is 0. The molecule has 0 aromatic heterocycles. The van der Waals surface area contributed by atoms with E-state index in [1.54, 1.807) is 6.07 Å². The minimum atomic E-state index is -3.16. The average Bonchev–Trinajstić information content (AvgIpc) is 2.94. The number of aliphatic hydroxyl groups excluding tert-OH is 1. The summed E-state index contributed by atoms with van der Waals surface area (Å²) in [5, 5.41) is 33.6. The molecule has 2 amide bonds. The molecular weight excluding hydrogens is 572 g/mol. The first-order valence-electron chi connectivity index (χ1n) is 13.3. The monoisotopic (exact) mass is 600 g/mol. The number of carbonyl (C=O) groups is 6. The van der Waals surface area contributed by atoms with Crippen LogP contribution < -0.4 is 22.9 Å². The fraction of sp³-hybridized carbons (Fsp3) is 0.300. The van der Waals surface area contributed by atoms with Gasteiger partial charge in [0.15, 0.2) is 34.5 Å². The molecule has 5 rings (SSSR count). The van der Waals surface area contributed by atoms with Crippen LogP contribution >= 0.6 is 0 Å².